The maximum atomic E-state index is 13.1. The Hall–Kier alpha value is -3.67. The highest BCUT2D eigenvalue weighted by Gasteiger charge is 2.20. The van der Waals surface area contributed by atoms with Crippen LogP contribution in [0.5, 0.6) is 5.75 Å². The van der Waals surface area contributed by atoms with Crippen molar-refractivity contribution in [2.75, 3.05) is 7.11 Å². The predicted octanol–water partition coefficient (Wildman–Crippen LogP) is 3.97. The number of methoxy groups -OCH3 is 1. The molecule has 5 rings (SSSR count). The Morgan fingerprint density at radius 3 is 2.63 bits per heavy atom. The zero-order valence-electron chi connectivity index (χ0n) is 16.8. The van der Waals surface area contributed by atoms with Crippen LogP contribution in [0.25, 0.3) is 22.8 Å². The van der Waals surface area contributed by atoms with Gasteiger partial charge in [-0.1, -0.05) is 30.3 Å². The molecule has 2 heterocycles. The second-order valence-corrected chi connectivity index (χ2v) is 7.41. The van der Waals surface area contributed by atoms with E-state index in [1.807, 2.05) is 30.3 Å². The summed E-state index contributed by atoms with van der Waals surface area (Å²) >= 11 is 0. The maximum absolute atomic E-state index is 13.1. The highest BCUT2D eigenvalue weighted by molar-refractivity contribution is 5.59. The van der Waals surface area contributed by atoms with Crippen LogP contribution in [0.4, 0.5) is 0 Å². The van der Waals surface area contributed by atoms with E-state index in [1.54, 1.807) is 27.8 Å². The molecule has 0 unspecified atom stereocenters. The van der Waals surface area contributed by atoms with E-state index in [0.717, 1.165) is 30.6 Å². The molecule has 0 saturated heterocycles. The van der Waals surface area contributed by atoms with Crippen molar-refractivity contribution in [2.45, 2.75) is 25.7 Å². The van der Waals surface area contributed by atoms with Gasteiger partial charge in [0.15, 0.2) is 11.4 Å². The van der Waals surface area contributed by atoms with Gasteiger partial charge in [0.1, 0.15) is 0 Å². The van der Waals surface area contributed by atoms with E-state index in [9.17, 15) is 4.79 Å². The quantitative estimate of drug-likeness (QED) is 0.522. The summed E-state index contributed by atoms with van der Waals surface area (Å²) in [6.45, 7) is 0. The first-order chi connectivity index (χ1) is 14.8. The molecule has 6 heteroatoms. The first-order valence-electron chi connectivity index (χ1n) is 10.1. The first kappa shape index (κ1) is 18.4. The van der Waals surface area contributed by atoms with E-state index < -0.39 is 0 Å². The molecule has 150 valence electrons. The van der Waals surface area contributed by atoms with Crippen molar-refractivity contribution in [3.05, 3.63) is 88.3 Å². The molecule has 0 spiro atoms. The van der Waals surface area contributed by atoms with Crippen LogP contribution in [0.1, 0.15) is 24.0 Å². The Bertz CT molecular complexity index is 1260. The summed E-state index contributed by atoms with van der Waals surface area (Å²) in [4.78, 5) is 13.1. The molecule has 0 bridgehead atoms. The third-order valence-electron chi connectivity index (χ3n) is 5.61. The fraction of sp³-hybridized carbons (Fsp3) is 0.208. The molecule has 4 aromatic rings. The molecule has 2 aromatic heterocycles. The number of hydrogen-bond donors (Lipinski definition) is 0. The SMILES string of the molecule is COc1cn(-c2cccc3c2CCCC3)nc(-c2ccnn2-c2ccccc2)c1=O. The fourth-order valence-corrected chi connectivity index (χ4v) is 4.14. The van der Waals surface area contributed by atoms with Crippen molar-refractivity contribution >= 4 is 0 Å². The lowest BCUT2D eigenvalue weighted by atomic mass is 9.90. The van der Waals surface area contributed by atoms with Crippen LogP contribution < -0.4 is 10.2 Å². The van der Waals surface area contributed by atoms with Gasteiger partial charge in [-0.3, -0.25) is 4.79 Å². The van der Waals surface area contributed by atoms with Crippen LogP contribution in [-0.4, -0.2) is 26.7 Å². The molecule has 1 aliphatic carbocycles. The normalized spacial score (nSPS) is 13.1. The minimum absolute atomic E-state index is 0.253. The minimum Gasteiger partial charge on any atom is -0.491 e. The molecule has 30 heavy (non-hydrogen) atoms. The molecule has 0 N–H and O–H groups in total. The number of hydrogen-bond acceptors (Lipinski definition) is 4. The Morgan fingerprint density at radius 1 is 0.967 bits per heavy atom. The van der Waals surface area contributed by atoms with Gasteiger partial charge in [-0.2, -0.15) is 10.2 Å². The van der Waals surface area contributed by atoms with Crippen molar-refractivity contribution in [1.82, 2.24) is 19.6 Å². The molecule has 0 saturated carbocycles. The summed E-state index contributed by atoms with van der Waals surface area (Å²) < 4.78 is 8.94. The van der Waals surface area contributed by atoms with Gasteiger partial charge < -0.3 is 4.74 Å². The third kappa shape index (κ3) is 3.10. The Balaban J connectivity index is 1.72. The van der Waals surface area contributed by atoms with Crippen LogP contribution >= 0.6 is 0 Å². The van der Waals surface area contributed by atoms with Crippen LogP contribution in [-0.2, 0) is 12.8 Å². The highest BCUT2D eigenvalue weighted by Crippen LogP contribution is 2.28. The van der Waals surface area contributed by atoms with Gasteiger partial charge >= 0.3 is 0 Å². The summed E-state index contributed by atoms with van der Waals surface area (Å²) in [5.74, 6) is 0.259. The van der Waals surface area contributed by atoms with Crippen LogP contribution in [0.15, 0.2) is 71.8 Å². The highest BCUT2D eigenvalue weighted by atomic mass is 16.5. The van der Waals surface area contributed by atoms with Gasteiger partial charge in [0, 0.05) is 0 Å². The van der Waals surface area contributed by atoms with Crippen molar-refractivity contribution in [2.24, 2.45) is 0 Å². The van der Waals surface area contributed by atoms with Crippen molar-refractivity contribution < 1.29 is 4.74 Å². The number of para-hydroxylation sites is 1. The van der Waals surface area contributed by atoms with Gasteiger partial charge in [-0.25, -0.2) is 9.36 Å². The lowest BCUT2D eigenvalue weighted by Gasteiger charge is -2.20. The molecule has 6 nitrogen and oxygen atoms in total. The van der Waals surface area contributed by atoms with E-state index in [-0.39, 0.29) is 11.2 Å². The topological polar surface area (TPSA) is 61.9 Å². The smallest absolute Gasteiger partial charge is 0.251 e. The summed E-state index contributed by atoms with van der Waals surface area (Å²) in [5, 5.41) is 9.17. The predicted molar refractivity (Wildman–Crippen MR) is 116 cm³/mol. The van der Waals surface area contributed by atoms with Crippen LogP contribution in [0.3, 0.4) is 0 Å². The van der Waals surface area contributed by atoms with Gasteiger partial charge in [-0.15, -0.1) is 0 Å². The number of aromatic nitrogens is 4. The van der Waals surface area contributed by atoms with Crippen molar-refractivity contribution in [3.63, 3.8) is 0 Å². The summed E-state index contributed by atoms with van der Waals surface area (Å²) in [6.07, 6.45) is 7.82. The number of benzene rings is 2. The van der Waals surface area contributed by atoms with E-state index in [2.05, 4.69) is 23.3 Å². The van der Waals surface area contributed by atoms with E-state index in [1.165, 1.54) is 24.7 Å². The molecule has 0 atom stereocenters. The zero-order chi connectivity index (χ0) is 20.5. The van der Waals surface area contributed by atoms with Gasteiger partial charge in [0.05, 0.1) is 36.6 Å². The van der Waals surface area contributed by atoms with Gasteiger partial charge in [-0.05, 0) is 61.1 Å². The van der Waals surface area contributed by atoms with Crippen molar-refractivity contribution in [3.8, 4) is 28.5 Å². The Morgan fingerprint density at radius 2 is 1.80 bits per heavy atom. The number of rotatable bonds is 4. The lowest BCUT2D eigenvalue weighted by Crippen LogP contribution is -2.19. The third-order valence-corrected chi connectivity index (χ3v) is 5.61. The van der Waals surface area contributed by atoms with E-state index >= 15 is 0 Å². The number of ether oxygens (including phenoxy) is 1. The maximum Gasteiger partial charge on any atom is 0.251 e. The Labute approximate surface area is 174 Å². The molecule has 0 amide bonds. The van der Waals surface area contributed by atoms with E-state index in [0.29, 0.717) is 11.4 Å². The molecular formula is C24H22N4O2. The summed E-state index contributed by atoms with van der Waals surface area (Å²) in [6, 6.07) is 17.8. The van der Waals surface area contributed by atoms with Gasteiger partial charge in [0.2, 0.25) is 0 Å². The summed E-state index contributed by atoms with van der Waals surface area (Å²) in [5.41, 5.74) is 5.20. The largest absolute Gasteiger partial charge is 0.491 e. The minimum atomic E-state index is -0.253. The standard InChI is InChI=1S/C24H22N4O2/c1-30-22-16-27(20-13-7-9-17-8-5-6-12-19(17)20)26-23(24(22)29)21-14-15-25-28(21)18-10-3-2-4-11-18/h2-4,7,9-11,13-16H,5-6,8,12H2,1H3. The number of nitrogens with zero attached hydrogens (tertiary/aromatic N) is 4. The molecule has 1 aliphatic rings. The monoisotopic (exact) mass is 398 g/mol. The Kier molecular flexibility index (Phi) is 4.67. The van der Waals surface area contributed by atoms with Crippen molar-refractivity contribution in [1.29, 1.82) is 0 Å². The first-order valence-corrected chi connectivity index (χ1v) is 10.1. The molecular weight excluding hydrogens is 376 g/mol. The molecule has 2 aromatic carbocycles. The van der Waals surface area contributed by atoms with Crippen LogP contribution in [0.2, 0.25) is 0 Å². The zero-order valence-corrected chi connectivity index (χ0v) is 16.8. The molecule has 0 aliphatic heterocycles. The number of fused-ring (bicyclic) bond motifs is 1. The second-order valence-electron chi connectivity index (χ2n) is 7.41. The molecule has 0 radical (unpaired) electrons. The average molecular weight is 398 g/mol. The van der Waals surface area contributed by atoms with Crippen LogP contribution in [0, 0.1) is 0 Å². The second kappa shape index (κ2) is 7.63. The van der Waals surface area contributed by atoms with E-state index in [4.69, 9.17) is 9.84 Å². The number of aryl methyl sites for hydroxylation is 1. The fourth-order valence-electron chi connectivity index (χ4n) is 4.14. The summed E-state index contributed by atoms with van der Waals surface area (Å²) in [7, 11) is 1.51. The lowest BCUT2D eigenvalue weighted by molar-refractivity contribution is 0.405. The molecule has 0 fully saturated rings. The average Bonchev–Trinajstić information content (AvgIpc) is 3.29. The van der Waals surface area contributed by atoms with Gasteiger partial charge in [0.25, 0.3) is 5.43 Å².